The summed E-state index contributed by atoms with van der Waals surface area (Å²) in [5.74, 6) is -0.979. The van der Waals surface area contributed by atoms with Crippen LogP contribution in [0.1, 0.15) is 40.5 Å². The Morgan fingerprint density at radius 3 is 2.52 bits per heavy atom. The minimum Gasteiger partial charge on any atom is -0.481 e. The molecule has 0 bridgehead atoms. The second kappa shape index (κ2) is 6.32. The van der Waals surface area contributed by atoms with E-state index in [1.54, 1.807) is 0 Å². The van der Waals surface area contributed by atoms with Gasteiger partial charge in [-0.1, -0.05) is 11.5 Å². The molecule has 23 heavy (non-hydrogen) atoms. The van der Waals surface area contributed by atoms with Crippen molar-refractivity contribution in [2.75, 3.05) is 13.1 Å². The van der Waals surface area contributed by atoms with Crippen LogP contribution in [0.15, 0.2) is 5.11 Å². The van der Waals surface area contributed by atoms with Crippen molar-refractivity contribution in [3.8, 4) is 0 Å². The number of aliphatic carboxylic acids is 1. The number of hydrogen-bond acceptors (Lipinski definition) is 5. The highest BCUT2D eigenvalue weighted by molar-refractivity contribution is 6.45. The number of azide groups is 1. The van der Waals surface area contributed by atoms with E-state index in [2.05, 4.69) is 15.3 Å². The van der Waals surface area contributed by atoms with Gasteiger partial charge in [-0.15, -0.1) is 0 Å². The fourth-order valence-electron chi connectivity index (χ4n) is 3.13. The molecule has 2 heterocycles. The minimum absolute atomic E-state index is 0.101. The molecule has 0 saturated carbocycles. The van der Waals surface area contributed by atoms with Crippen LogP contribution in [0, 0.1) is 5.92 Å². The fraction of sp³-hybridized carbons (Fsp3) is 0.929. The smallest absolute Gasteiger partial charge is 0.457 e. The van der Waals surface area contributed by atoms with E-state index >= 15 is 0 Å². The first-order valence-corrected chi connectivity index (χ1v) is 7.98. The molecule has 0 aromatic carbocycles. The molecule has 2 atom stereocenters. The molecular weight excluding hydrogens is 299 g/mol. The van der Waals surface area contributed by atoms with Crippen molar-refractivity contribution in [3.05, 3.63) is 10.4 Å². The van der Waals surface area contributed by atoms with Crippen molar-refractivity contribution < 1.29 is 19.2 Å². The summed E-state index contributed by atoms with van der Waals surface area (Å²) in [5.41, 5.74) is 6.54. The lowest BCUT2D eigenvalue weighted by molar-refractivity contribution is -0.144. The van der Waals surface area contributed by atoms with Gasteiger partial charge in [-0.3, -0.25) is 4.79 Å². The lowest BCUT2D eigenvalue weighted by Crippen LogP contribution is -2.53. The second-order valence-corrected chi connectivity index (χ2v) is 7.49. The first-order valence-electron chi connectivity index (χ1n) is 7.98. The summed E-state index contributed by atoms with van der Waals surface area (Å²) in [6.07, 6.45) is 1.77. The number of piperidine rings is 1. The van der Waals surface area contributed by atoms with Gasteiger partial charge in [0.2, 0.25) is 0 Å². The van der Waals surface area contributed by atoms with Crippen LogP contribution < -0.4 is 5.32 Å². The standard InChI is InChI=1S/C14H25BN4O4/c1-12(2)13(3,4)23-15(22-12)6-5-10-7-14(11(20)21,18-19-16)9-17-8-10/h10,17H,5-9H2,1-4H3,(H,20,21)/t10-,14-/m0/s1. The van der Waals surface area contributed by atoms with Crippen LogP contribution in [0.3, 0.4) is 0 Å². The zero-order chi connectivity index (χ0) is 17.3. The number of hydrogen-bond donors (Lipinski definition) is 2. The molecule has 0 amide bonds. The molecule has 0 unspecified atom stereocenters. The van der Waals surface area contributed by atoms with E-state index in [4.69, 9.17) is 14.8 Å². The summed E-state index contributed by atoms with van der Waals surface area (Å²) >= 11 is 0. The quantitative estimate of drug-likeness (QED) is 0.348. The average Bonchev–Trinajstić information content (AvgIpc) is 2.65. The fourth-order valence-corrected chi connectivity index (χ4v) is 3.13. The van der Waals surface area contributed by atoms with E-state index < -0.39 is 11.5 Å². The summed E-state index contributed by atoms with van der Waals surface area (Å²) in [6.45, 7) is 8.89. The van der Waals surface area contributed by atoms with E-state index in [1.807, 2.05) is 27.7 Å². The summed E-state index contributed by atoms with van der Waals surface area (Å²) in [4.78, 5) is 14.2. The highest BCUT2D eigenvalue weighted by Crippen LogP contribution is 2.39. The first kappa shape index (κ1) is 18.1. The van der Waals surface area contributed by atoms with E-state index in [0.29, 0.717) is 19.3 Å². The van der Waals surface area contributed by atoms with Gasteiger partial charge in [-0.05, 0) is 58.4 Å². The molecule has 2 aliphatic heterocycles. The summed E-state index contributed by atoms with van der Waals surface area (Å²) < 4.78 is 11.9. The number of nitrogens with zero attached hydrogens (tertiary/aromatic N) is 3. The predicted octanol–water partition coefficient (Wildman–Crippen LogP) is 2.21. The monoisotopic (exact) mass is 324 g/mol. The maximum absolute atomic E-state index is 11.5. The van der Waals surface area contributed by atoms with Gasteiger partial charge in [-0.25, -0.2) is 0 Å². The van der Waals surface area contributed by atoms with Gasteiger partial charge in [0, 0.05) is 11.5 Å². The van der Waals surface area contributed by atoms with Crippen LogP contribution in [0.5, 0.6) is 0 Å². The Balaban J connectivity index is 1.94. The topological polar surface area (TPSA) is 117 Å². The van der Waals surface area contributed by atoms with E-state index in [1.165, 1.54) is 0 Å². The van der Waals surface area contributed by atoms with Crippen molar-refractivity contribution in [3.63, 3.8) is 0 Å². The van der Waals surface area contributed by atoms with E-state index in [9.17, 15) is 9.90 Å². The third-order valence-electron chi connectivity index (χ3n) is 5.22. The minimum atomic E-state index is -1.40. The van der Waals surface area contributed by atoms with Crippen molar-refractivity contribution >= 4 is 13.1 Å². The first-order chi connectivity index (χ1) is 10.6. The molecule has 0 aromatic rings. The van der Waals surface area contributed by atoms with Crippen LogP contribution in [0.25, 0.3) is 10.4 Å². The van der Waals surface area contributed by atoms with Crippen LogP contribution in [-0.4, -0.2) is 48.0 Å². The molecule has 0 aliphatic carbocycles. The molecule has 2 aliphatic rings. The van der Waals surface area contributed by atoms with Crippen LogP contribution in [0.4, 0.5) is 0 Å². The molecule has 2 N–H and O–H groups in total. The van der Waals surface area contributed by atoms with Gasteiger partial charge >= 0.3 is 13.1 Å². The molecule has 2 rings (SSSR count). The molecule has 8 nitrogen and oxygen atoms in total. The highest BCUT2D eigenvalue weighted by Gasteiger charge is 2.51. The third kappa shape index (κ3) is 3.63. The van der Waals surface area contributed by atoms with Gasteiger partial charge in [0.1, 0.15) is 0 Å². The van der Waals surface area contributed by atoms with Crippen molar-refractivity contribution in [2.24, 2.45) is 11.0 Å². The van der Waals surface area contributed by atoms with Gasteiger partial charge in [0.05, 0.1) is 11.2 Å². The molecule has 9 heteroatoms. The highest BCUT2D eigenvalue weighted by atomic mass is 16.7. The lowest BCUT2D eigenvalue weighted by Gasteiger charge is -2.34. The zero-order valence-corrected chi connectivity index (χ0v) is 14.2. The number of rotatable bonds is 5. The average molecular weight is 324 g/mol. The largest absolute Gasteiger partial charge is 0.481 e. The van der Waals surface area contributed by atoms with E-state index in [0.717, 1.165) is 6.42 Å². The SMILES string of the molecule is CC1(C)OB(CC[C@@H]2CNC[C@](N=[N+]=[N-])(C(=O)O)C2)OC1(C)C. The van der Waals surface area contributed by atoms with Crippen molar-refractivity contribution in [1.29, 1.82) is 0 Å². The van der Waals surface area contributed by atoms with Crippen molar-refractivity contribution in [2.45, 2.75) is 63.6 Å². The Bertz CT molecular complexity index is 501. The van der Waals surface area contributed by atoms with Gasteiger partial charge in [0.25, 0.3) is 0 Å². The Morgan fingerprint density at radius 1 is 1.39 bits per heavy atom. The number of carboxylic acids is 1. The lowest BCUT2D eigenvalue weighted by atomic mass is 9.75. The maximum atomic E-state index is 11.5. The normalized spacial score (nSPS) is 32.3. The van der Waals surface area contributed by atoms with Crippen LogP contribution >= 0.6 is 0 Å². The summed E-state index contributed by atoms with van der Waals surface area (Å²) in [5, 5.41) is 16.0. The molecule has 2 fully saturated rings. The Morgan fingerprint density at radius 2 is 2.00 bits per heavy atom. The van der Waals surface area contributed by atoms with Gasteiger partial charge < -0.3 is 19.7 Å². The molecule has 128 valence electrons. The molecule has 0 radical (unpaired) electrons. The Hall–Kier alpha value is -1.28. The van der Waals surface area contributed by atoms with Gasteiger partial charge in [-0.2, -0.15) is 0 Å². The molecular formula is C14H25BN4O4. The molecule has 0 aromatic heterocycles. The Labute approximate surface area is 136 Å². The molecule has 0 spiro atoms. The third-order valence-corrected chi connectivity index (χ3v) is 5.22. The molecule has 2 saturated heterocycles. The van der Waals surface area contributed by atoms with Crippen LogP contribution in [-0.2, 0) is 14.1 Å². The van der Waals surface area contributed by atoms with E-state index in [-0.39, 0.29) is 30.8 Å². The number of carbonyl (C=O) groups is 1. The van der Waals surface area contributed by atoms with Crippen LogP contribution in [0.2, 0.25) is 6.32 Å². The second-order valence-electron chi connectivity index (χ2n) is 7.49. The summed E-state index contributed by atoms with van der Waals surface area (Å²) in [6, 6.07) is 0. The number of nitrogens with one attached hydrogen (secondary N) is 1. The summed E-state index contributed by atoms with van der Waals surface area (Å²) in [7, 11) is -0.291. The van der Waals surface area contributed by atoms with Gasteiger partial charge in [0.15, 0.2) is 5.54 Å². The number of carboxylic acid groups (broad SMARTS) is 1. The predicted molar refractivity (Wildman–Crippen MR) is 86.0 cm³/mol. The van der Waals surface area contributed by atoms with Crippen molar-refractivity contribution in [1.82, 2.24) is 5.32 Å². The zero-order valence-electron chi connectivity index (χ0n) is 14.2. The Kier molecular flexibility index (Phi) is 4.96. The maximum Gasteiger partial charge on any atom is 0.457 e.